The molecule has 24 heavy (non-hydrogen) atoms. The van der Waals surface area contributed by atoms with E-state index in [0.717, 1.165) is 36.8 Å². The molecule has 1 fully saturated rings. The quantitative estimate of drug-likeness (QED) is 0.697. The highest BCUT2D eigenvalue weighted by atomic mass is 35.5. The van der Waals surface area contributed by atoms with E-state index >= 15 is 0 Å². The SMILES string of the molecule is CSCCC(=O)N(C)C[C@@H]1CCCN(CCc2ccc(Cl)cc2)C1. The summed E-state index contributed by atoms with van der Waals surface area (Å²) < 4.78 is 0. The molecule has 1 heterocycles. The maximum atomic E-state index is 12.1. The summed E-state index contributed by atoms with van der Waals surface area (Å²) in [5, 5.41) is 0.797. The van der Waals surface area contributed by atoms with Gasteiger partial charge in [-0.2, -0.15) is 11.8 Å². The summed E-state index contributed by atoms with van der Waals surface area (Å²) in [5.41, 5.74) is 1.34. The largest absolute Gasteiger partial charge is 0.345 e. The van der Waals surface area contributed by atoms with Gasteiger partial charge in [-0.25, -0.2) is 0 Å². The van der Waals surface area contributed by atoms with Gasteiger partial charge in [0.25, 0.3) is 0 Å². The Labute approximate surface area is 155 Å². The second-order valence-electron chi connectivity index (χ2n) is 6.70. The Morgan fingerprint density at radius 3 is 2.83 bits per heavy atom. The lowest BCUT2D eigenvalue weighted by molar-refractivity contribution is -0.130. The zero-order valence-electron chi connectivity index (χ0n) is 14.8. The number of likely N-dealkylation sites (tertiary alicyclic amines) is 1. The molecular weight excluding hydrogens is 340 g/mol. The highest BCUT2D eigenvalue weighted by Gasteiger charge is 2.22. The first-order chi connectivity index (χ1) is 11.6. The van der Waals surface area contributed by atoms with Crippen LogP contribution in [0, 0.1) is 5.92 Å². The average Bonchev–Trinajstić information content (AvgIpc) is 2.59. The fourth-order valence-electron chi connectivity index (χ4n) is 3.31. The number of carbonyl (C=O) groups excluding carboxylic acids is 1. The number of carbonyl (C=O) groups is 1. The number of nitrogens with zero attached hydrogens (tertiary/aromatic N) is 2. The van der Waals surface area contributed by atoms with Crippen LogP contribution in [0.1, 0.15) is 24.8 Å². The Kier molecular flexibility index (Phi) is 8.43. The third-order valence-corrected chi connectivity index (χ3v) is 5.58. The van der Waals surface area contributed by atoms with E-state index in [2.05, 4.69) is 17.0 Å². The average molecular weight is 369 g/mol. The fraction of sp³-hybridized carbons (Fsp3) is 0.632. The van der Waals surface area contributed by atoms with E-state index in [-0.39, 0.29) is 5.91 Å². The first kappa shape index (κ1) is 19.6. The van der Waals surface area contributed by atoms with Crippen molar-refractivity contribution in [2.75, 3.05) is 45.2 Å². The van der Waals surface area contributed by atoms with Gasteiger partial charge in [0.1, 0.15) is 0 Å². The maximum absolute atomic E-state index is 12.1. The summed E-state index contributed by atoms with van der Waals surface area (Å²) in [6, 6.07) is 8.15. The van der Waals surface area contributed by atoms with Gasteiger partial charge in [0.2, 0.25) is 5.91 Å². The molecule has 0 bridgehead atoms. The van der Waals surface area contributed by atoms with Gasteiger partial charge in [-0.05, 0) is 55.7 Å². The highest BCUT2D eigenvalue weighted by Crippen LogP contribution is 2.18. The smallest absolute Gasteiger partial charge is 0.223 e. The summed E-state index contributed by atoms with van der Waals surface area (Å²) in [4.78, 5) is 16.6. The molecule has 134 valence electrons. The number of halogens is 1. The molecule has 0 aliphatic carbocycles. The summed E-state index contributed by atoms with van der Waals surface area (Å²) >= 11 is 7.68. The molecule has 0 aromatic heterocycles. The van der Waals surface area contributed by atoms with Gasteiger partial charge < -0.3 is 9.80 Å². The zero-order chi connectivity index (χ0) is 17.4. The second kappa shape index (κ2) is 10.3. The lowest BCUT2D eigenvalue weighted by Crippen LogP contribution is -2.42. The van der Waals surface area contributed by atoms with Crippen molar-refractivity contribution in [3.8, 4) is 0 Å². The third kappa shape index (κ3) is 6.66. The normalized spacial score (nSPS) is 18.5. The summed E-state index contributed by atoms with van der Waals surface area (Å²) in [5.74, 6) is 1.80. The second-order valence-corrected chi connectivity index (χ2v) is 8.12. The van der Waals surface area contributed by atoms with Crippen LogP contribution in [0.4, 0.5) is 0 Å². The van der Waals surface area contributed by atoms with Crippen LogP contribution in [0.3, 0.4) is 0 Å². The van der Waals surface area contributed by atoms with Crippen molar-refractivity contribution in [3.05, 3.63) is 34.9 Å². The maximum Gasteiger partial charge on any atom is 0.223 e. The molecule has 5 heteroatoms. The van der Waals surface area contributed by atoms with Crippen molar-refractivity contribution in [1.29, 1.82) is 0 Å². The van der Waals surface area contributed by atoms with Gasteiger partial charge in [0.15, 0.2) is 0 Å². The summed E-state index contributed by atoms with van der Waals surface area (Å²) in [7, 11) is 1.95. The van der Waals surface area contributed by atoms with E-state index in [4.69, 9.17) is 11.6 Å². The summed E-state index contributed by atoms with van der Waals surface area (Å²) in [6.45, 7) is 4.26. The van der Waals surface area contributed by atoms with Gasteiger partial charge in [-0.15, -0.1) is 0 Å². The minimum absolute atomic E-state index is 0.280. The van der Waals surface area contributed by atoms with Crippen LogP contribution in [0.25, 0.3) is 0 Å². The molecule has 1 aromatic carbocycles. The van der Waals surface area contributed by atoms with Crippen LogP contribution in [0.2, 0.25) is 5.02 Å². The van der Waals surface area contributed by atoms with E-state index in [1.54, 1.807) is 11.8 Å². The third-order valence-electron chi connectivity index (χ3n) is 4.71. The predicted octanol–water partition coefficient (Wildman–Crippen LogP) is 3.81. The first-order valence-corrected chi connectivity index (χ1v) is 10.6. The van der Waals surface area contributed by atoms with Crippen molar-refractivity contribution in [1.82, 2.24) is 9.80 Å². The van der Waals surface area contributed by atoms with Gasteiger partial charge in [-0.3, -0.25) is 4.79 Å². The van der Waals surface area contributed by atoms with Crippen molar-refractivity contribution in [2.45, 2.75) is 25.7 Å². The molecule has 1 aliphatic rings. The lowest BCUT2D eigenvalue weighted by Gasteiger charge is -2.34. The van der Waals surface area contributed by atoms with Gasteiger partial charge >= 0.3 is 0 Å². The number of hydrogen-bond donors (Lipinski definition) is 0. The van der Waals surface area contributed by atoms with Gasteiger partial charge in [0, 0.05) is 43.9 Å². The molecule has 3 nitrogen and oxygen atoms in total. The molecular formula is C19H29ClN2OS. The van der Waals surface area contributed by atoms with Crippen LogP contribution in [0.15, 0.2) is 24.3 Å². The number of hydrogen-bond acceptors (Lipinski definition) is 3. The molecule has 2 rings (SSSR count). The van der Waals surface area contributed by atoms with Crippen LogP contribution >= 0.6 is 23.4 Å². The predicted molar refractivity (Wildman–Crippen MR) is 105 cm³/mol. The zero-order valence-corrected chi connectivity index (χ0v) is 16.4. The molecule has 1 aromatic rings. The van der Waals surface area contributed by atoms with E-state index in [0.29, 0.717) is 12.3 Å². The van der Waals surface area contributed by atoms with Gasteiger partial charge in [-0.1, -0.05) is 23.7 Å². The first-order valence-electron chi connectivity index (χ1n) is 8.78. The van der Waals surface area contributed by atoms with E-state index in [9.17, 15) is 4.79 Å². The van der Waals surface area contributed by atoms with E-state index < -0.39 is 0 Å². The number of piperidine rings is 1. The number of benzene rings is 1. The summed E-state index contributed by atoms with van der Waals surface area (Å²) in [6.07, 6.45) is 6.24. The van der Waals surface area contributed by atoms with E-state index in [1.165, 1.54) is 24.9 Å². The molecule has 0 unspecified atom stereocenters. The van der Waals surface area contributed by atoms with Crippen molar-refractivity contribution in [3.63, 3.8) is 0 Å². The molecule has 0 radical (unpaired) electrons. The minimum atomic E-state index is 0.280. The number of thioether (sulfide) groups is 1. The monoisotopic (exact) mass is 368 g/mol. The van der Waals surface area contributed by atoms with Crippen molar-refractivity contribution < 1.29 is 4.79 Å². The molecule has 1 saturated heterocycles. The molecule has 1 atom stereocenters. The number of rotatable bonds is 8. The minimum Gasteiger partial charge on any atom is -0.345 e. The Hall–Kier alpha value is -0.710. The molecule has 0 saturated carbocycles. The Balaban J connectivity index is 1.74. The molecule has 0 spiro atoms. The fourth-order valence-corrected chi connectivity index (χ4v) is 3.82. The Morgan fingerprint density at radius 2 is 2.12 bits per heavy atom. The Bertz CT molecular complexity index is 509. The van der Waals surface area contributed by atoms with Gasteiger partial charge in [0.05, 0.1) is 0 Å². The standard InChI is InChI=1S/C19H29ClN2OS/c1-21(19(23)10-13-24-2)14-17-4-3-11-22(15-17)12-9-16-5-7-18(20)8-6-16/h5-8,17H,3-4,9-15H2,1-2H3/t17-/m0/s1. The van der Waals surface area contributed by atoms with Crippen LogP contribution < -0.4 is 0 Å². The lowest BCUT2D eigenvalue weighted by atomic mass is 9.97. The van der Waals surface area contributed by atoms with Crippen LogP contribution in [0.5, 0.6) is 0 Å². The van der Waals surface area contributed by atoms with E-state index in [1.807, 2.05) is 30.3 Å². The van der Waals surface area contributed by atoms with Crippen molar-refractivity contribution in [2.24, 2.45) is 5.92 Å². The van der Waals surface area contributed by atoms with Crippen molar-refractivity contribution >= 4 is 29.3 Å². The van der Waals surface area contributed by atoms with Crippen LogP contribution in [-0.4, -0.2) is 60.9 Å². The molecule has 1 amide bonds. The topological polar surface area (TPSA) is 23.6 Å². The van der Waals surface area contributed by atoms with Crippen LogP contribution in [-0.2, 0) is 11.2 Å². The highest BCUT2D eigenvalue weighted by molar-refractivity contribution is 7.98. The Morgan fingerprint density at radius 1 is 1.38 bits per heavy atom. The molecule has 0 N–H and O–H groups in total. The molecule has 1 aliphatic heterocycles. The number of amides is 1.